The van der Waals surface area contributed by atoms with Crippen molar-refractivity contribution >= 4 is 11.8 Å². The number of pyridine rings is 1. The molecule has 0 unspecified atom stereocenters. The molecule has 0 saturated carbocycles. The highest BCUT2D eigenvalue weighted by Crippen LogP contribution is 2.38. The second kappa shape index (κ2) is 5.77. The molecular weight excluding hydrogens is 280 g/mol. The summed E-state index contributed by atoms with van der Waals surface area (Å²) in [6.45, 7) is 0. The number of likely N-dealkylation sites (N-methyl/N-ethyl adjacent to an activating group) is 1. The number of ether oxygens (including phenoxy) is 1. The van der Waals surface area contributed by atoms with Crippen LogP contribution in [-0.2, 0) is 11.2 Å². The Kier molecular flexibility index (Phi) is 3.81. The third kappa shape index (κ3) is 2.33. The van der Waals surface area contributed by atoms with Crippen molar-refractivity contribution in [1.29, 1.82) is 0 Å². The Hall–Kier alpha value is -2.40. The average molecular weight is 298 g/mol. The van der Waals surface area contributed by atoms with E-state index < -0.39 is 5.97 Å². The first kappa shape index (κ1) is 14.5. The average Bonchev–Trinajstić information content (AvgIpc) is 2.92. The summed E-state index contributed by atoms with van der Waals surface area (Å²) in [4.78, 5) is 17.6. The van der Waals surface area contributed by atoms with E-state index in [-0.39, 0.29) is 17.7 Å². The van der Waals surface area contributed by atoms with Crippen molar-refractivity contribution in [2.45, 2.75) is 18.6 Å². The predicted molar refractivity (Wildman–Crippen MR) is 83.3 cm³/mol. The zero-order valence-corrected chi connectivity index (χ0v) is 12.6. The summed E-state index contributed by atoms with van der Waals surface area (Å²) < 4.78 is 5.68. The van der Waals surface area contributed by atoms with Gasteiger partial charge in [0.25, 0.3) is 0 Å². The molecule has 0 saturated heterocycles. The van der Waals surface area contributed by atoms with Crippen LogP contribution in [0.2, 0.25) is 0 Å². The molecule has 2 atom stereocenters. The van der Waals surface area contributed by atoms with Crippen LogP contribution in [0.3, 0.4) is 0 Å². The lowest BCUT2D eigenvalue weighted by atomic mass is 10.1. The number of rotatable bonds is 4. The Morgan fingerprint density at radius 3 is 2.82 bits per heavy atom. The Morgan fingerprint density at radius 1 is 1.32 bits per heavy atom. The summed E-state index contributed by atoms with van der Waals surface area (Å²) in [6.07, 6.45) is 2.33. The summed E-state index contributed by atoms with van der Waals surface area (Å²) in [7, 11) is 3.56. The van der Waals surface area contributed by atoms with Crippen LogP contribution in [-0.4, -0.2) is 36.3 Å². The van der Waals surface area contributed by atoms with Gasteiger partial charge in [0.2, 0.25) is 0 Å². The molecule has 1 aliphatic carbocycles. The number of anilines is 1. The summed E-state index contributed by atoms with van der Waals surface area (Å²) in [5, 5.41) is 9.36. The second-order valence-corrected chi connectivity index (χ2v) is 5.42. The number of benzene rings is 1. The Bertz CT molecular complexity index is 702. The molecule has 114 valence electrons. The molecule has 0 radical (unpaired) electrons. The fourth-order valence-corrected chi connectivity index (χ4v) is 3.16. The number of methoxy groups -OCH3 is 1. The smallest absolute Gasteiger partial charge is 0.339 e. The highest BCUT2D eigenvalue weighted by molar-refractivity contribution is 5.93. The maximum atomic E-state index is 11.4. The van der Waals surface area contributed by atoms with Gasteiger partial charge in [-0.15, -0.1) is 0 Å². The van der Waals surface area contributed by atoms with Crippen LogP contribution in [0.5, 0.6) is 0 Å². The Balaban J connectivity index is 1.97. The monoisotopic (exact) mass is 298 g/mol. The number of carboxylic acids is 1. The van der Waals surface area contributed by atoms with Crippen LogP contribution >= 0.6 is 0 Å². The molecule has 5 nitrogen and oxygen atoms in total. The largest absolute Gasteiger partial charge is 0.478 e. The molecular formula is C17H18N2O3. The van der Waals surface area contributed by atoms with Gasteiger partial charge in [-0.25, -0.2) is 9.78 Å². The fraction of sp³-hybridized carbons (Fsp3) is 0.294. The number of hydrogen-bond acceptors (Lipinski definition) is 4. The van der Waals surface area contributed by atoms with Gasteiger partial charge in [0, 0.05) is 20.4 Å². The lowest BCUT2D eigenvalue weighted by molar-refractivity contribution is 0.0695. The second-order valence-electron chi connectivity index (χ2n) is 5.42. The Morgan fingerprint density at radius 2 is 2.09 bits per heavy atom. The van der Waals surface area contributed by atoms with Gasteiger partial charge < -0.3 is 14.7 Å². The number of hydrogen-bond donors (Lipinski definition) is 1. The van der Waals surface area contributed by atoms with Gasteiger partial charge >= 0.3 is 5.97 Å². The predicted octanol–water partition coefficient (Wildman–Crippen LogP) is 2.53. The third-order valence-electron chi connectivity index (χ3n) is 4.24. The number of fused-ring (bicyclic) bond motifs is 1. The van der Waals surface area contributed by atoms with Gasteiger partial charge in [0.15, 0.2) is 0 Å². The first-order valence-corrected chi connectivity index (χ1v) is 7.15. The molecule has 0 spiro atoms. The van der Waals surface area contributed by atoms with Gasteiger partial charge in [0.05, 0.1) is 6.04 Å². The van der Waals surface area contributed by atoms with E-state index in [2.05, 4.69) is 17.1 Å². The maximum absolute atomic E-state index is 11.4. The maximum Gasteiger partial charge on any atom is 0.339 e. The lowest BCUT2D eigenvalue weighted by Crippen LogP contribution is -2.37. The molecule has 5 heteroatoms. The summed E-state index contributed by atoms with van der Waals surface area (Å²) in [5.41, 5.74) is 2.60. The van der Waals surface area contributed by atoms with E-state index in [1.807, 2.05) is 24.1 Å². The lowest BCUT2D eigenvalue weighted by Gasteiger charge is -2.30. The Labute approximate surface area is 129 Å². The van der Waals surface area contributed by atoms with E-state index in [1.165, 1.54) is 5.56 Å². The topological polar surface area (TPSA) is 62.7 Å². The van der Waals surface area contributed by atoms with E-state index in [4.69, 9.17) is 4.74 Å². The molecule has 0 amide bonds. The first-order valence-electron chi connectivity index (χ1n) is 7.15. The van der Waals surface area contributed by atoms with Crippen molar-refractivity contribution in [3.63, 3.8) is 0 Å². The van der Waals surface area contributed by atoms with Crippen LogP contribution in [0, 0.1) is 0 Å². The van der Waals surface area contributed by atoms with Gasteiger partial charge in [-0.05, 0) is 29.7 Å². The van der Waals surface area contributed by atoms with E-state index in [0.717, 1.165) is 12.0 Å². The summed E-state index contributed by atoms with van der Waals surface area (Å²) >= 11 is 0. The van der Waals surface area contributed by atoms with Crippen molar-refractivity contribution in [3.8, 4) is 0 Å². The molecule has 0 bridgehead atoms. The highest BCUT2D eigenvalue weighted by atomic mass is 16.5. The fourth-order valence-electron chi connectivity index (χ4n) is 3.16. The van der Waals surface area contributed by atoms with Crippen molar-refractivity contribution < 1.29 is 14.6 Å². The zero-order chi connectivity index (χ0) is 15.7. The normalized spacial score (nSPS) is 19.7. The number of aromatic carboxylic acids is 1. The van der Waals surface area contributed by atoms with E-state index in [0.29, 0.717) is 5.82 Å². The molecule has 1 heterocycles. The van der Waals surface area contributed by atoms with Crippen LogP contribution < -0.4 is 4.90 Å². The highest BCUT2D eigenvalue weighted by Gasteiger charge is 2.36. The molecule has 0 aliphatic heterocycles. The third-order valence-corrected chi connectivity index (χ3v) is 4.24. The molecule has 3 rings (SSSR count). The SMILES string of the molecule is CO[C@H]1c2ccccc2C[C@H]1N(C)c1ncccc1C(=O)O. The van der Waals surface area contributed by atoms with Gasteiger partial charge in [-0.1, -0.05) is 24.3 Å². The summed E-state index contributed by atoms with van der Waals surface area (Å²) in [5.74, 6) is -0.505. The number of aromatic nitrogens is 1. The minimum Gasteiger partial charge on any atom is -0.478 e. The number of carboxylic acid groups (broad SMARTS) is 1. The molecule has 1 N–H and O–H groups in total. The van der Waals surface area contributed by atoms with Crippen LogP contribution in [0.15, 0.2) is 42.6 Å². The molecule has 2 aromatic rings. The number of nitrogens with zero attached hydrogens (tertiary/aromatic N) is 2. The summed E-state index contributed by atoms with van der Waals surface area (Å²) in [6, 6.07) is 11.4. The molecule has 0 fully saturated rings. The zero-order valence-electron chi connectivity index (χ0n) is 12.6. The van der Waals surface area contributed by atoms with E-state index in [1.54, 1.807) is 25.4 Å². The quantitative estimate of drug-likeness (QED) is 0.939. The minimum absolute atomic E-state index is 0.0235. The number of carbonyl (C=O) groups is 1. The first-order chi connectivity index (χ1) is 10.6. The van der Waals surface area contributed by atoms with E-state index in [9.17, 15) is 9.90 Å². The minimum atomic E-state index is -0.973. The standard InChI is InChI=1S/C17H18N2O3/c1-19(16-13(17(20)21)8-5-9-18-16)14-10-11-6-3-4-7-12(11)15(14)22-2/h3-9,14-15H,10H2,1-2H3,(H,20,21)/t14-,15+/m1/s1. The molecule has 1 aliphatic rings. The molecule has 1 aromatic carbocycles. The van der Waals surface area contributed by atoms with Crippen molar-refractivity contribution in [1.82, 2.24) is 4.98 Å². The van der Waals surface area contributed by atoms with Crippen LogP contribution in [0.1, 0.15) is 27.6 Å². The van der Waals surface area contributed by atoms with Crippen molar-refractivity contribution in [2.75, 3.05) is 19.1 Å². The van der Waals surface area contributed by atoms with Gasteiger partial charge in [-0.2, -0.15) is 0 Å². The van der Waals surface area contributed by atoms with Crippen molar-refractivity contribution in [3.05, 3.63) is 59.3 Å². The van der Waals surface area contributed by atoms with Crippen LogP contribution in [0.4, 0.5) is 5.82 Å². The molecule has 1 aromatic heterocycles. The van der Waals surface area contributed by atoms with Crippen LogP contribution in [0.25, 0.3) is 0 Å². The van der Waals surface area contributed by atoms with Crippen molar-refractivity contribution in [2.24, 2.45) is 0 Å². The van der Waals surface area contributed by atoms with E-state index >= 15 is 0 Å². The molecule has 22 heavy (non-hydrogen) atoms. The van der Waals surface area contributed by atoms with Gasteiger partial charge in [0.1, 0.15) is 17.5 Å². The van der Waals surface area contributed by atoms with Gasteiger partial charge in [-0.3, -0.25) is 0 Å².